The van der Waals surface area contributed by atoms with Crippen LogP contribution in [0, 0.1) is 11.8 Å². The lowest BCUT2D eigenvalue weighted by atomic mass is 9.92. The van der Waals surface area contributed by atoms with Crippen LogP contribution in [0.5, 0.6) is 0 Å². The van der Waals surface area contributed by atoms with Gasteiger partial charge in [-0.3, -0.25) is 14.4 Å². The molecule has 1 rings (SSSR count). The van der Waals surface area contributed by atoms with Gasteiger partial charge in [0.15, 0.2) is 0 Å². The van der Waals surface area contributed by atoms with Gasteiger partial charge in [-0.25, -0.2) is 5.43 Å². The molecule has 136 valence electrons. The molecule has 7 nitrogen and oxygen atoms in total. The lowest BCUT2D eigenvalue weighted by Gasteiger charge is -2.18. The maximum absolute atomic E-state index is 12.1. The van der Waals surface area contributed by atoms with Crippen LogP contribution in [-0.4, -0.2) is 30.1 Å². The topological polar surface area (TPSA) is 96.9 Å². The molecule has 7 heteroatoms. The molecule has 0 spiro atoms. The molecular weight excluding hydrogens is 322 g/mol. The highest BCUT2D eigenvalue weighted by atomic mass is 16.5. The molecule has 25 heavy (non-hydrogen) atoms. The Morgan fingerprint density at radius 2 is 1.72 bits per heavy atom. The number of rotatable bonds is 7. The first kappa shape index (κ1) is 20.3. The second-order valence-electron chi connectivity index (χ2n) is 5.93. The third kappa shape index (κ3) is 6.37. The molecule has 2 amide bonds. The second-order valence-corrected chi connectivity index (χ2v) is 5.93. The Balaban J connectivity index is 2.79. The van der Waals surface area contributed by atoms with Crippen LogP contribution < -0.4 is 10.7 Å². The van der Waals surface area contributed by atoms with Crippen molar-refractivity contribution in [2.45, 2.75) is 34.6 Å². The van der Waals surface area contributed by atoms with Gasteiger partial charge in [-0.2, -0.15) is 5.10 Å². The largest absolute Gasteiger partial charge is 0.465 e. The summed E-state index contributed by atoms with van der Waals surface area (Å²) in [6.07, 6.45) is 0. The zero-order chi connectivity index (χ0) is 19.0. The van der Waals surface area contributed by atoms with Crippen LogP contribution in [0.3, 0.4) is 0 Å². The summed E-state index contributed by atoms with van der Waals surface area (Å²) in [7, 11) is 0. The van der Waals surface area contributed by atoms with Gasteiger partial charge < -0.3 is 10.1 Å². The van der Waals surface area contributed by atoms with Crippen molar-refractivity contribution >= 4 is 29.2 Å². The quantitative estimate of drug-likeness (QED) is 0.450. The summed E-state index contributed by atoms with van der Waals surface area (Å²) in [6, 6.07) is 6.41. The summed E-state index contributed by atoms with van der Waals surface area (Å²) in [6.45, 7) is 8.91. The molecule has 1 aromatic carbocycles. The lowest BCUT2D eigenvalue weighted by Crippen LogP contribution is -2.31. The summed E-state index contributed by atoms with van der Waals surface area (Å²) < 4.78 is 5.06. The van der Waals surface area contributed by atoms with E-state index in [1.54, 1.807) is 38.1 Å². The Bertz CT molecular complexity index is 651. The van der Waals surface area contributed by atoms with Gasteiger partial charge in [0, 0.05) is 23.9 Å². The van der Waals surface area contributed by atoms with E-state index in [4.69, 9.17) is 4.74 Å². The first-order chi connectivity index (χ1) is 11.8. The van der Waals surface area contributed by atoms with Gasteiger partial charge in [0.1, 0.15) is 0 Å². The number of carbonyl (C=O) groups is 3. The van der Waals surface area contributed by atoms with E-state index in [2.05, 4.69) is 15.8 Å². The van der Waals surface area contributed by atoms with Crippen LogP contribution in [0.2, 0.25) is 0 Å². The van der Waals surface area contributed by atoms with Crippen molar-refractivity contribution in [2.24, 2.45) is 16.9 Å². The molecule has 0 aliphatic heterocycles. The average molecular weight is 347 g/mol. The molecule has 1 aromatic rings. The van der Waals surface area contributed by atoms with Gasteiger partial charge in [0.25, 0.3) is 5.91 Å². The number of hydrogen-bond donors (Lipinski definition) is 2. The first-order valence-electron chi connectivity index (χ1n) is 8.15. The molecule has 0 fully saturated rings. The third-order valence-electron chi connectivity index (χ3n) is 3.46. The van der Waals surface area contributed by atoms with Crippen molar-refractivity contribution in [1.82, 2.24) is 5.43 Å². The molecule has 0 aliphatic rings. The normalized spacial score (nSPS) is 12.5. The van der Waals surface area contributed by atoms with Crippen molar-refractivity contribution in [3.8, 4) is 0 Å². The van der Waals surface area contributed by atoms with E-state index >= 15 is 0 Å². The summed E-state index contributed by atoms with van der Waals surface area (Å²) in [4.78, 5) is 35.1. The fourth-order valence-corrected chi connectivity index (χ4v) is 2.34. The van der Waals surface area contributed by atoms with Gasteiger partial charge in [-0.15, -0.1) is 0 Å². The zero-order valence-electron chi connectivity index (χ0n) is 15.3. The number of esters is 1. The lowest BCUT2D eigenvalue weighted by molar-refractivity contribution is -0.146. The van der Waals surface area contributed by atoms with Gasteiger partial charge in [-0.05, 0) is 44.0 Å². The Kier molecular flexibility index (Phi) is 7.78. The van der Waals surface area contributed by atoms with E-state index < -0.39 is 11.8 Å². The van der Waals surface area contributed by atoms with E-state index in [0.29, 0.717) is 23.6 Å². The Morgan fingerprint density at radius 3 is 2.20 bits per heavy atom. The van der Waals surface area contributed by atoms with Crippen LogP contribution in [0.15, 0.2) is 29.4 Å². The highest BCUT2D eigenvalue weighted by Crippen LogP contribution is 2.15. The van der Waals surface area contributed by atoms with Gasteiger partial charge in [-0.1, -0.05) is 13.8 Å². The van der Waals surface area contributed by atoms with Crippen LogP contribution >= 0.6 is 0 Å². The van der Waals surface area contributed by atoms with Crippen LogP contribution in [0.25, 0.3) is 0 Å². The van der Waals surface area contributed by atoms with E-state index in [0.717, 1.165) is 0 Å². The van der Waals surface area contributed by atoms with Crippen LogP contribution in [0.1, 0.15) is 45.0 Å². The highest BCUT2D eigenvalue weighted by molar-refractivity contribution is 6.02. The average Bonchev–Trinajstić information content (AvgIpc) is 2.52. The molecule has 0 unspecified atom stereocenters. The fourth-order valence-electron chi connectivity index (χ4n) is 2.34. The standard InChI is InChI=1S/C18H25N3O4/c1-6-25-18(24)16(11(2)3)12(4)20-21-17(23)14-7-9-15(10-8-14)19-13(5)22/h7-11,16H,6H2,1-5H3,(H,19,22)(H,21,23)/t16-/m0/s1. The smallest absolute Gasteiger partial charge is 0.314 e. The number of ether oxygens (including phenoxy) is 1. The number of hydrazone groups is 1. The molecule has 1 atom stereocenters. The van der Waals surface area contributed by atoms with Crippen LogP contribution in [0.4, 0.5) is 5.69 Å². The van der Waals surface area contributed by atoms with E-state index in [1.807, 2.05) is 13.8 Å². The van der Waals surface area contributed by atoms with E-state index in [1.165, 1.54) is 6.92 Å². The molecular formula is C18H25N3O4. The molecule has 0 bridgehead atoms. The van der Waals surface area contributed by atoms with Crippen LogP contribution in [-0.2, 0) is 14.3 Å². The van der Waals surface area contributed by atoms with Crippen molar-refractivity contribution in [3.05, 3.63) is 29.8 Å². The molecule has 0 saturated heterocycles. The Labute approximate surface area is 147 Å². The van der Waals surface area contributed by atoms with Gasteiger partial charge >= 0.3 is 5.97 Å². The number of amides is 2. The molecule has 0 heterocycles. The van der Waals surface area contributed by atoms with E-state index in [-0.39, 0.29) is 17.8 Å². The summed E-state index contributed by atoms with van der Waals surface area (Å²) in [5.41, 5.74) is 3.92. The van der Waals surface area contributed by atoms with Crippen molar-refractivity contribution in [1.29, 1.82) is 0 Å². The highest BCUT2D eigenvalue weighted by Gasteiger charge is 2.26. The number of carbonyl (C=O) groups excluding carboxylic acids is 3. The van der Waals surface area contributed by atoms with E-state index in [9.17, 15) is 14.4 Å². The predicted octanol–water partition coefficient (Wildman–Crippen LogP) is 2.59. The molecule has 0 saturated carbocycles. The number of anilines is 1. The second kappa shape index (κ2) is 9.56. The SMILES string of the molecule is CCOC(=O)[C@H](C(C)=NNC(=O)c1ccc(NC(C)=O)cc1)C(C)C. The maximum Gasteiger partial charge on any atom is 0.314 e. The third-order valence-corrected chi connectivity index (χ3v) is 3.46. The predicted molar refractivity (Wildman–Crippen MR) is 96.3 cm³/mol. The van der Waals surface area contributed by atoms with Gasteiger partial charge in [0.05, 0.1) is 12.5 Å². The Morgan fingerprint density at radius 1 is 1.12 bits per heavy atom. The minimum Gasteiger partial charge on any atom is -0.465 e. The summed E-state index contributed by atoms with van der Waals surface area (Å²) in [5.74, 6) is -1.46. The fraction of sp³-hybridized carbons (Fsp3) is 0.444. The molecule has 2 N–H and O–H groups in total. The van der Waals surface area contributed by atoms with Crippen molar-refractivity contribution in [2.75, 3.05) is 11.9 Å². The maximum atomic E-state index is 12.1. The number of hydrogen-bond acceptors (Lipinski definition) is 5. The minimum atomic E-state index is -0.512. The minimum absolute atomic E-state index is 0.00311. The number of benzene rings is 1. The first-order valence-corrected chi connectivity index (χ1v) is 8.15. The summed E-state index contributed by atoms with van der Waals surface area (Å²) in [5, 5.41) is 6.67. The Hall–Kier alpha value is -2.70. The summed E-state index contributed by atoms with van der Waals surface area (Å²) >= 11 is 0. The number of nitrogens with zero attached hydrogens (tertiary/aromatic N) is 1. The molecule has 0 aliphatic carbocycles. The van der Waals surface area contributed by atoms with Crippen molar-refractivity contribution < 1.29 is 19.1 Å². The molecule has 0 radical (unpaired) electrons. The zero-order valence-corrected chi connectivity index (χ0v) is 15.3. The molecule has 0 aromatic heterocycles. The number of nitrogens with one attached hydrogen (secondary N) is 2. The van der Waals surface area contributed by atoms with Gasteiger partial charge in [0.2, 0.25) is 5.91 Å². The monoisotopic (exact) mass is 347 g/mol. The van der Waals surface area contributed by atoms with Crippen molar-refractivity contribution in [3.63, 3.8) is 0 Å².